The SMILES string of the molecule is CN1CCc2cc(O)c(Sc3ccccc3)cc2CC1. The molecule has 3 rings (SSSR count). The lowest BCUT2D eigenvalue weighted by Crippen LogP contribution is -2.20. The van der Waals surface area contributed by atoms with Gasteiger partial charge in [-0.1, -0.05) is 30.0 Å². The van der Waals surface area contributed by atoms with Crippen molar-refractivity contribution in [3.63, 3.8) is 0 Å². The van der Waals surface area contributed by atoms with Crippen LogP contribution < -0.4 is 0 Å². The number of phenols is 1. The number of hydrogen-bond donors (Lipinski definition) is 1. The van der Waals surface area contributed by atoms with Crippen LogP contribution in [-0.2, 0) is 12.8 Å². The van der Waals surface area contributed by atoms with Crippen molar-refractivity contribution in [2.24, 2.45) is 0 Å². The second-order valence-corrected chi connectivity index (χ2v) is 6.42. The summed E-state index contributed by atoms with van der Waals surface area (Å²) in [5.41, 5.74) is 2.68. The van der Waals surface area contributed by atoms with E-state index in [1.54, 1.807) is 11.8 Å². The molecule has 2 aromatic carbocycles. The minimum absolute atomic E-state index is 0.405. The first kappa shape index (κ1) is 13.5. The molecule has 0 saturated heterocycles. The molecule has 3 heteroatoms. The molecule has 1 N–H and O–H groups in total. The predicted octanol–water partition coefficient (Wildman–Crippen LogP) is 3.57. The normalized spacial score (nSPS) is 15.7. The molecule has 0 spiro atoms. The van der Waals surface area contributed by atoms with E-state index >= 15 is 0 Å². The van der Waals surface area contributed by atoms with Crippen LogP contribution in [0.4, 0.5) is 0 Å². The van der Waals surface area contributed by atoms with E-state index in [1.165, 1.54) is 11.1 Å². The summed E-state index contributed by atoms with van der Waals surface area (Å²) in [7, 11) is 2.16. The van der Waals surface area contributed by atoms with Crippen molar-refractivity contribution in [3.8, 4) is 5.75 Å². The van der Waals surface area contributed by atoms with Gasteiger partial charge in [-0.05, 0) is 55.3 Å². The lowest BCUT2D eigenvalue weighted by Gasteiger charge is -2.11. The summed E-state index contributed by atoms with van der Waals surface area (Å²) >= 11 is 1.63. The number of hydrogen-bond acceptors (Lipinski definition) is 3. The van der Waals surface area contributed by atoms with Crippen LogP contribution >= 0.6 is 11.8 Å². The summed E-state index contributed by atoms with van der Waals surface area (Å²) in [6.45, 7) is 2.16. The average Bonchev–Trinajstić information content (AvgIpc) is 2.63. The van der Waals surface area contributed by atoms with Gasteiger partial charge in [-0.15, -0.1) is 0 Å². The molecule has 104 valence electrons. The zero-order valence-electron chi connectivity index (χ0n) is 11.7. The molecule has 0 radical (unpaired) electrons. The molecule has 0 saturated carbocycles. The number of likely N-dealkylation sites (N-methyl/N-ethyl adjacent to an activating group) is 1. The number of fused-ring (bicyclic) bond motifs is 1. The number of rotatable bonds is 2. The molecule has 0 atom stereocenters. The summed E-state index contributed by atoms with van der Waals surface area (Å²) in [4.78, 5) is 4.47. The molecule has 2 nitrogen and oxygen atoms in total. The van der Waals surface area contributed by atoms with Crippen molar-refractivity contribution in [2.45, 2.75) is 22.6 Å². The van der Waals surface area contributed by atoms with Gasteiger partial charge >= 0.3 is 0 Å². The molecule has 1 aliphatic heterocycles. The van der Waals surface area contributed by atoms with E-state index in [-0.39, 0.29) is 0 Å². The molecule has 0 aliphatic carbocycles. The highest BCUT2D eigenvalue weighted by Crippen LogP contribution is 2.36. The topological polar surface area (TPSA) is 23.5 Å². The minimum atomic E-state index is 0.405. The van der Waals surface area contributed by atoms with E-state index in [4.69, 9.17) is 0 Å². The standard InChI is InChI=1S/C17H19NOS/c1-18-9-7-13-11-16(19)17(12-14(13)8-10-18)20-15-5-3-2-4-6-15/h2-6,11-12,19H,7-10H2,1H3. The highest BCUT2D eigenvalue weighted by Gasteiger charge is 2.14. The maximum atomic E-state index is 10.3. The Labute approximate surface area is 124 Å². The molecule has 2 aromatic rings. The Kier molecular flexibility index (Phi) is 3.99. The van der Waals surface area contributed by atoms with Crippen molar-refractivity contribution in [1.82, 2.24) is 4.90 Å². The average molecular weight is 285 g/mol. The highest BCUT2D eigenvalue weighted by atomic mass is 32.2. The molecule has 0 amide bonds. The van der Waals surface area contributed by atoms with Gasteiger partial charge in [0.1, 0.15) is 5.75 Å². The molecule has 0 fully saturated rings. The second-order valence-electron chi connectivity index (χ2n) is 5.31. The van der Waals surface area contributed by atoms with Crippen molar-refractivity contribution in [3.05, 3.63) is 53.6 Å². The number of phenolic OH excluding ortho intramolecular Hbond substituents is 1. The first-order valence-corrected chi connectivity index (χ1v) is 7.80. The highest BCUT2D eigenvalue weighted by molar-refractivity contribution is 7.99. The van der Waals surface area contributed by atoms with Crippen LogP contribution in [0, 0.1) is 0 Å². The Morgan fingerprint density at radius 2 is 1.65 bits per heavy atom. The van der Waals surface area contributed by atoms with Crippen molar-refractivity contribution < 1.29 is 5.11 Å². The van der Waals surface area contributed by atoms with Crippen molar-refractivity contribution >= 4 is 11.8 Å². The molecule has 1 aliphatic rings. The van der Waals surface area contributed by atoms with E-state index in [1.807, 2.05) is 24.3 Å². The van der Waals surface area contributed by atoms with E-state index in [0.29, 0.717) is 5.75 Å². The fraction of sp³-hybridized carbons (Fsp3) is 0.294. The van der Waals surface area contributed by atoms with Crippen LogP contribution in [0.3, 0.4) is 0 Å². The third kappa shape index (κ3) is 3.00. The Balaban J connectivity index is 1.89. The lowest BCUT2D eigenvalue weighted by molar-refractivity contribution is 0.352. The molecule has 0 unspecified atom stereocenters. The Morgan fingerprint density at radius 1 is 1.00 bits per heavy atom. The summed E-state index contributed by atoms with van der Waals surface area (Å²) < 4.78 is 0. The van der Waals surface area contributed by atoms with Gasteiger partial charge in [0.25, 0.3) is 0 Å². The maximum absolute atomic E-state index is 10.3. The number of benzene rings is 2. The summed E-state index contributed by atoms with van der Waals surface area (Å²) in [6.07, 6.45) is 2.09. The quantitative estimate of drug-likeness (QED) is 0.912. The summed E-state index contributed by atoms with van der Waals surface area (Å²) in [6, 6.07) is 14.3. The monoisotopic (exact) mass is 285 g/mol. The summed E-state index contributed by atoms with van der Waals surface area (Å²) in [5, 5.41) is 10.3. The zero-order valence-corrected chi connectivity index (χ0v) is 12.5. The van der Waals surface area contributed by atoms with Crippen LogP contribution in [0.15, 0.2) is 52.3 Å². The summed E-state index contributed by atoms with van der Waals surface area (Å²) in [5.74, 6) is 0.405. The Bertz CT molecular complexity index is 597. The maximum Gasteiger partial charge on any atom is 0.129 e. The van der Waals surface area contributed by atoms with Crippen LogP contribution in [0.1, 0.15) is 11.1 Å². The molecular weight excluding hydrogens is 266 g/mol. The van der Waals surface area contributed by atoms with E-state index in [2.05, 4.69) is 30.1 Å². The third-order valence-corrected chi connectivity index (χ3v) is 4.83. The molecule has 0 aromatic heterocycles. The van der Waals surface area contributed by atoms with Gasteiger partial charge in [0.05, 0.1) is 4.90 Å². The Morgan fingerprint density at radius 3 is 2.35 bits per heavy atom. The van der Waals surface area contributed by atoms with Gasteiger partial charge in [-0.25, -0.2) is 0 Å². The minimum Gasteiger partial charge on any atom is -0.507 e. The van der Waals surface area contributed by atoms with Crippen LogP contribution in [-0.4, -0.2) is 30.1 Å². The Hall–Kier alpha value is -1.45. The van der Waals surface area contributed by atoms with Crippen LogP contribution in [0.5, 0.6) is 5.75 Å². The van der Waals surface area contributed by atoms with Gasteiger partial charge in [-0.3, -0.25) is 0 Å². The number of nitrogens with zero attached hydrogens (tertiary/aromatic N) is 1. The van der Waals surface area contributed by atoms with Crippen molar-refractivity contribution in [1.29, 1.82) is 0 Å². The molecule has 0 bridgehead atoms. The van der Waals surface area contributed by atoms with E-state index in [0.717, 1.165) is 35.7 Å². The lowest BCUT2D eigenvalue weighted by atomic mass is 10.0. The van der Waals surface area contributed by atoms with Gasteiger partial charge in [0.15, 0.2) is 0 Å². The van der Waals surface area contributed by atoms with Gasteiger partial charge in [0.2, 0.25) is 0 Å². The van der Waals surface area contributed by atoms with Crippen molar-refractivity contribution in [2.75, 3.05) is 20.1 Å². The van der Waals surface area contributed by atoms with E-state index < -0.39 is 0 Å². The largest absolute Gasteiger partial charge is 0.507 e. The molecular formula is C17H19NOS. The fourth-order valence-electron chi connectivity index (χ4n) is 2.55. The van der Waals surface area contributed by atoms with Crippen LogP contribution in [0.2, 0.25) is 0 Å². The smallest absolute Gasteiger partial charge is 0.129 e. The second kappa shape index (κ2) is 5.90. The van der Waals surface area contributed by atoms with Gasteiger partial charge in [0, 0.05) is 18.0 Å². The first-order chi connectivity index (χ1) is 9.72. The van der Waals surface area contributed by atoms with Crippen LogP contribution in [0.25, 0.3) is 0 Å². The van der Waals surface area contributed by atoms with Gasteiger partial charge < -0.3 is 10.0 Å². The van der Waals surface area contributed by atoms with Gasteiger partial charge in [-0.2, -0.15) is 0 Å². The zero-order chi connectivity index (χ0) is 13.9. The molecule has 20 heavy (non-hydrogen) atoms. The third-order valence-electron chi connectivity index (χ3n) is 3.78. The number of aromatic hydroxyl groups is 1. The fourth-order valence-corrected chi connectivity index (χ4v) is 3.46. The van der Waals surface area contributed by atoms with E-state index in [9.17, 15) is 5.11 Å². The predicted molar refractivity (Wildman–Crippen MR) is 83.6 cm³/mol. The first-order valence-electron chi connectivity index (χ1n) is 6.98. The molecule has 1 heterocycles.